The Bertz CT molecular complexity index is 879. The monoisotopic (exact) mass is 384 g/mol. The second-order valence-corrected chi connectivity index (χ2v) is 8.72. The molecule has 2 aromatic rings. The van der Waals surface area contributed by atoms with Crippen LogP contribution in [-0.4, -0.2) is 57.5 Å². The first-order chi connectivity index (χ1) is 13.6. The summed E-state index contributed by atoms with van der Waals surface area (Å²) in [6, 6.07) is 0.112. The van der Waals surface area contributed by atoms with Crippen LogP contribution in [-0.2, 0) is 16.6 Å². The Morgan fingerprint density at radius 3 is 2.79 bits per heavy atom. The summed E-state index contributed by atoms with van der Waals surface area (Å²) >= 11 is 0. The molecule has 3 heterocycles. The van der Waals surface area contributed by atoms with Gasteiger partial charge in [0.25, 0.3) is 0 Å². The molecule has 0 aromatic carbocycles. The third-order valence-corrected chi connectivity index (χ3v) is 6.56. The molecule has 3 fully saturated rings. The van der Waals surface area contributed by atoms with Crippen molar-refractivity contribution in [1.29, 1.82) is 0 Å². The predicted octanol–water partition coefficient (Wildman–Crippen LogP) is 1.51. The average Bonchev–Trinajstić information content (AvgIpc) is 3.30. The number of ether oxygens (including phenoxy) is 1. The van der Waals surface area contributed by atoms with Crippen molar-refractivity contribution in [3.63, 3.8) is 0 Å². The van der Waals surface area contributed by atoms with E-state index in [4.69, 9.17) is 4.74 Å². The first-order valence-electron chi connectivity index (χ1n) is 10.3. The Labute approximate surface area is 164 Å². The number of hydrogen-bond donors (Lipinski definition) is 1. The van der Waals surface area contributed by atoms with Gasteiger partial charge in [0, 0.05) is 33.7 Å². The van der Waals surface area contributed by atoms with Crippen molar-refractivity contribution < 1.29 is 9.53 Å². The second-order valence-electron chi connectivity index (χ2n) is 8.72. The van der Waals surface area contributed by atoms with Crippen molar-refractivity contribution >= 4 is 22.8 Å². The molecule has 4 atom stereocenters. The van der Waals surface area contributed by atoms with Crippen LogP contribution in [0.4, 0.5) is 5.82 Å². The second kappa shape index (κ2) is 6.99. The molecule has 2 saturated carbocycles. The lowest BCUT2D eigenvalue weighted by Gasteiger charge is -2.38. The zero-order chi connectivity index (χ0) is 19.3. The molecule has 1 aliphatic heterocycles. The van der Waals surface area contributed by atoms with E-state index in [2.05, 4.69) is 25.3 Å². The Kier molecular flexibility index (Phi) is 4.45. The fraction of sp³-hybridized carbons (Fsp3) is 0.700. The highest BCUT2D eigenvalue weighted by molar-refractivity contribution is 5.86. The van der Waals surface area contributed by atoms with Gasteiger partial charge < -0.3 is 15.0 Å². The average molecular weight is 384 g/mol. The first kappa shape index (κ1) is 17.8. The molecular formula is C20H28N6O2. The van der Waals surface area contributed by atoms with Crippen LogP contribution >= 0.6 is 0 Å². The lowest BCUT2D eigenvalue weighted by molar-refractivity contribution is -0.122. The molecule has 2 aromatic heterocycles. The van der Waals surface area contributed by atoms with E-state index in [-0.39, 0.29) is 18.1 Å². The number of aryl methyl sites for hydroxylation is 1. The van der Waals surface area contributed by atoms with Gasteiger partial charge in [-0.2, -0.15) is 5.10 Å². The maximum atomic E-state index is 11.7. The maximum absolute atomic E-state index is 11.7. The summed E-state index contributed by atoms with van der Waals surface area (Å²) < 4.78 is 8.06. The number of amides is 1. The quantitative estimate of drug-likeness (QED) is 0.841. The van der Waals surface area contributed by atoms with E-state index in [1.807, 2.05) is 13.2 Å². The van der Waals surface area contributed by atoms with Crippen molar-refractivity contribution in [2.24, 2.45) is 24.8 Å². The van der Waals surface area contributed by atoms with E-state index >= 15 is 0 Å². The molecule has 1 N–H and O–H groups in total. The molecule has 1 saturated heterocycles. The van der Waals surface area contributed by atoms with Crippen LogP contribution in [0, 0.1) is 17.8 Å². The van der Waals surface area contributed by atoms with Crippen LogP contribution in [0.25, 0.3) is 11.0 Å². The standard InChI is InChI=1S/C20H28N6O2/c1-12(27)24-17-5-14-8-26(9-15(14)6-18(17)28-10-13-3-4-13)20-16-7-23-25(2)19(16)21-11-22-20/h7,11,13-15,17-18H,3-6,8-10H2,1-2H3,(H,24,27)/t14-,15+,17-,18-/m1/s1. The highest BCUT2D eigenvalue weighted by Gasteiger charge is 2.44. The molecule has 2 aliphatic carbocycles. The lowest BCUT2D eigenvalue weighted by atomic mass is 9.77. The Morgan fingerprint density at radius 1 is 1.25 bits per heavy atom. The number of carbonyl (C=O) groups is 1. The molecule has 5 rings (SSSR count). The summed E-state index contributed by atoms with van der Waals surface area (Å²) in [4.78, 5) is 23.0. The van der Waals surface area contributed by atoms with Crippen LogP contribution in [0.15, 0.2) is 12.5 Å². The van der Waals surface area contributed by atoms with Crippen molar-refractivity contribution in [3.8, 4) is 0 Å². The Balaban J connectivity index is 1.34. The fourth-order valence-corrected chi connectivity index (χ4v) is 4.93. The SMILES string of the molecule is CC(=O)N[C@@H]1C[C@@H]2CN(c3ncnc4c3cnn4C)C[C@@H]2C[C@H]1OCC1CC1. The number of anilines is 1. The topological polar surface area (TPSA) is 85.2 Å². The highest BCUT2D eigenvalue weighted by Crippen LogP contribution is 2.41. The molecule has 8 heteroatoms. The third kappa shape index (κ3) is 3.34. The van der Waals surface area contributed by atoms with Gasteiger partial charge >= 0.3 is 0 Å². The fourth-order valence-electron chi connectivity index (χ4n) is 4.93. The van der Waals surface area contributed by atoms with Gasteiger partial charge in [0.05, 0.1) is 23.7 Å². The van der Waals surface area contributed by atoms with Crippen LogP contribution < -0.4 is 10.2 Å². The van der Waals surface area contributed by atoms with Crippen molar-refractivity contribution in [2.45, 2.75) is 44.8 Å². The van der Waals surface area contributed by atoms with Gasteiger partial charge in [0.1, 0.15) is 12.1 Å². The van der Waals surface area contributed by atoms with Crippen LogP contribution in [0.1, 0.15) is 32.6 Å². The van der Waals surface area contributed by atoms with Crippen LogP contribution in [0.5, 0.6) is 0 Å². The summed E-state index contributed by atoms with van der Waals surface area (Å²) in [6.45, 7) is 4.37. The first-order valence-corrected chi connectivity index (χ1v) is 10.3. The number of nitrogens with zero attached hydrogens (tertiary/aromatic N) is 5. The minimum atomic E-state index is 0.0335. The third-order valence-electron chi connectivity index (χ3n) is 6.56. The molecule has 0 spiro atoms. The van der Waals surface area contributed by atoms with E-state index in [9.17, 15) is 4.79 Å². The maximum Gasteiger partial charge on any atom is 0.217 e. The number of rotatable bonds is 5. The number of fused-ring (bicyclic) bond motifs is 2. The minimum absolute atomic E-state index is 0.0335. The summed E-state index contributed by atoms with van der Waals surface area (Å²) in [6.07, 6.45) is 8.14. The van der Waals surface area contributed by atoms with Crippen molar-refractivity contribution in [1.82, 2.24) is 25.1 Å². The normalized spacial score (nSPS) is 29.9. The zero-order valence-corrected chi connectivity index (χ0v) is 16.5. The highest BCUT2D eigenvalue weighted by atomic mass is 16.5. The van der Waals surface area contributed by atoms with Crippen LogP contribution in [0.2, 0.25) is 0 Å². The number of aromatic nitrogens is 4. The van der Waals surface area contributed by atoms with E-state index in [1.165, 1.54) is 12.8 Å². The molecule has 28 heavy (non-hydrogen) atoms. The predicted molar refractivity (Wildman–Crippen MR) is 105 cm³/mol. The molecule has 0 unspecified atom stereocenters. The van der Waals surface area contributed by atoms with Gasteiger partial charge in [-0.15, -0.1) is 0 Å². The van der Waals surface area contributed by atoms with Gasteiger partial charge in [-0.25, -0.2) is 9.97 Å². The summed E-state index contributed by atoms with van der Waals surface area (Å²) in [5, 5.41) is 8.50. The molecule has 150 valence electrons. The van der Waals surface area contributed by atoms with E-state index in [0.717, 1.165) is 55.3 Å². The van der Waals surface area contributed by atoms with Gasteiger partial charge in [-0.1, -0.05) is 0 Å². The number of carbonyl (C=O) groups excluding carboxylic acids is 1. The van der Waals surface area contributed by atoms with Gasteiger partial charge in [-0.05, 0) is 43.4 Å². The smallest absolute Gasteiger partial charge is 0.217 e. The summed E-state index contributed by atoms with van der Waals surface area (Å²) in [7, 11) is 1.91. The molecule has 0 bridgehead atoms. The van der Waals surface area contributed by atoms with Gasteiger partial charge in [0.2, 0.25) is 5.91 Å². The lowest BCUT2D eigenvalue weighted by Crippen LogP contribution is -2.50. The number of hydrogen-bond acceptors (Lipinski definition) is 6. The van der Waals surface area contributed by atoms with Gasteiger partial charge in [-0.3, -0.25) is 9.48 Å². The summed E-state index contributed by atoms with van der Waals surface area (Å²) in [5.74, 6) is 2.84. The Morgan fingerprint density at radius 2 is 2.04 bits per heavy atom. The summed E-state index contributed by atoms with van der Waals surface area (Å²) in [5.41, 5.74) is 0.863. The van der Waals surface area contributed by atoms with Crippen molar-refractivity contribution in [3.05, 3.63) is 12.5 Å². The molecule has 3 aliphatic rings. The van der Waals surface area contributed by atoms with E-state index in [1.54, 1.807) is 17.9 Å². The number of nitrogens with one attached hydrogen (secondary N) is 1. The Hall–Kier alpha value is -2.22. The zero-order valence-electron chi connectivity index (χ0n) is 16.5. The largest absolute Gasteiger partial charge is 0.376 e. The van der Waals surface area contributed by atoms with Gasteiger partial charge in [0.15, 0.2) is 5.65 Å². The molecule has 1 amide bonds. The van der Waals surface area contributed by atoms with Crippen molar-refractivity contribution in [2.75, 3.05) is 24.6 Å². The minimum Gasteiger partial charge on any atom is -0.376 e. The molecule has 0 radical (unpaired) electrons. The van der Waals surface area contributed by atoms with E-state index in [0.29, 0.717) is 11.8 Å². The van der Waals surface area contributed by atoms with E-state index < -0.39 is 0 Å². The molecule has 8 nitrogen and oxygen atoms in total. The molecular weight excluding hydrogens is 356 g/mol. The van der Waals surface area contributed by atoms with Crippen LogP contribution in [0.3, 0.4) is 0 Å².